The summed E-state index contributed by atoms with van der Waals surface area (Å²) in [5.41, 5.74) is 6.29. The van der Waals surface area contributed by atoms with Crippen molar-refractivity contribution >= 4 is 0 Å². The molecule has 2 aliphatic heterocycles. The maximum atomic E-state index is 6.06. The molecule has 2 fully saturated rings. The van der Waals surface area contributed by atoms with Crippen LogP contribution in [0, 0.1) is 5.41 Å². The first kappa shape index (κ1) is 12.3. The molecule has 3 nitrogen and oxygen atoms in total. The molecular formula is C13H27N3. The average molecular weight is 225 g/mol. The monoisotopic (exact) mass is 225 g/mol. The lowest BCUT2D eigenvalue weighted by Gasteiger charge is -2.42. The van der Waals surface area contributed by atoms with Gasteiger partial charge in [0.25, 0.3) is 0 Å². The Kier molecular flexibility index (Phi) is 3.57. The van der Waals surface area contributed by atoms with Crippen molar-refractivity contribution in [3.05, 3.63) is 0 Å². The Morgan fingerprint density at radius 1 is 1.31 bits per heavy atom. The first-order valence-corrected chi connectivity index (χ1v) is 6.71. The van der Waals surface area contributed by atoms with Gasteiger partial charge < -0.3 is 5.73 Å². The van der Waals surface area contributed by atoms with Crippen molar-refractivity contribution in [1.29, 1.82) is 0 Å². The van der Waals surface area contributed by atoms with Gasteiger partial charge >= 0.3 is 0 Å². The van der Waals surface area contributed by atoms with Gasteiger partial charge in [-0.1, -0.05) is 13.8 Å². The van der Waals surface area contributed by atoms with Crippen LogP contribution in [0.2, 0.25) is 0 Å². The zero-order valence-electron chi connectivity index (χ0n) is 11.1. The Morgan fingerprint density at radius 3 is 2.75 bits per heavy atom. The van der Waals surface area contributed by atoms with Crippen LogP contribution in [0.4, 0.5) is 0 Å². The van der Waals surface area contributed by atoms with Crippen molar-refractivity contribution in [2.75, 3.05) is 32.7 Å². The molecule has 2 heterocycles. The van der Waals surface area contributed by atoms with Crippen LogP contribution in [0.25, 0.3) is 0 Å². The van der Waals surface area contributed by atoms with Crippen molar-refractivity contribution in [1.82, 2.24) is 9.80 Å². The van der Waals surface area contributed by atoms with Crippen LogP contribution in [-0.2, 0) is 0 Å². The van der Waals surface area contributed by atoms with E-state index in [9.17, 15) is 0 Å². The third-order valence-electron chi connectivity index (χ3n) is 4.54. The Labute approximate surface area is 100.0 Å². The molecule has 0 aromatic carbocycles. The molecule has 2 rings (SSSR count). The molecule has 2 atom stereocenters. The summed E-state index contributed by atoms with van der Waals surface area (Å²) in [6.07, 6.45) is 2.80. The van der Waals surface area contributed by atoms with Crippen LogP contribution < -0.4 is 5.73 Å². The van der Waals surface area contributed by atoms with Crippen LogP contribution in [-0.4, -0.2) is 54.6 Å². The van der Waals surface area contributed by atoms with Crippen LogP contribution in [0.1, 0.15) is 33.6 Å². The lowest BCUT2D eigenvalue weighted by molar-refractivity contribution is 0.0683. The Balaban J connectivity index is 1.87. The summed E-state index contributed by atoms with van der Waals surface area (Å²) < 4.78 is 0. The minimum Gasteiger partial charge on any atom is -0.327 e. The maximum absolute atomic E-state index is 6.06. The van der Waals surface area contributed by atoms with Gasteiger partial charge in [0, 0.05) is 38.3 Å². The predicted octanol–water partition coefficient (Wildman–Crippen LogP) is 1.14. The minimum atomic E-state index is 0.237. The summed E-state index contributed by atoms with van der Waals surface area (Å²) in [4.78, 5) is 5.28. The highest BCUT2D eigenvalue weighted by Crippen LogP contribution is 2.25. The number of hydrogen-bond donors (Lipinski definition) is 1. The summed E-state index contributed by atoms with van der Waals surface area (Å²) in [5, 5.41) is 0. The van der Waals surface area contributed by atoms with E-state index in [1.807, 2.05) is 0 Å². The van der Waals surface area contributed by atoms with E-state index in [4.69, 9.17) is 5.73 Å². The van der Waals surface area contributed by atoms with E-state index >= 15 is 0 Å². The fraction of sp³-hybridized carbons (Fsp3) is 1.00. The summed E-state index contributed by atoms with van der Waals surface area (Å²) in [7, 11) is 0. The second kappa shape index (κ2) is 4.63. The average Bonchev–Trinajstić information content (AvgIpc) is 2.63. The predicted molar refractivity (Wildman–Crippen MR) is 68.5 cm³/mol. The van der Waals surface area contributed by atoms with Crippen molar-refractivity contribution in [3.63, 3.8) is 0 Å². The first-order chi connectivity index (χ1) is 7.49. The van der Waals surface area contributed by atoms with Crippen LogP contribution in [0.3, 0.4) is 0 Å². The maximum Gasteiger partial charge on any atom is 0.0224 e. The number of hydrogen-bond acceptors (Lipinski definition) is 3. The largest absolute Gasteiger partial charge is 0.327 e. The van der Waals surface area contributed by atoms with Gasteiger partial charge in [0.1, 0.15) is 0 Å². The van der Waals surface area contributed by atoms with Gasteiger partial charge in [0.2, 0.25) is 0 Å². The van der Waals surface area contributed by atoms with E-state index in [-0.39, 0.29) is 11.5 Å². The van der Waals surface area contributed by atoms with E-state index in [1.54, 1.807) is 0 Å². The molecule has 0 aliphatic carbocycles. The van der Waals surface area contributed by atoms with Crippen LogP contribution in [0.15, 0.2) is 0 Å². The molecule has 2 unspecified atom stereocenters. The minimum absolute atomic E-state index is 0.237. The molecule has 0 aromatic heterocycles. The van der Waals surface area contributed by atoms with Gasteiger partial charge in [-0.15, -0.1) is 0 Å². The summed E-state index contributed by atoms with van der Waals surface area (Å²) in [6.45, 7) is 12.9. The highest BCUT2D eigenvalue weighted by molar-refractivity contribution is 4.90. The van der Waals surface area contributed by atoms with E-state index < -0.39 is 0 Å². The molecule has 0 spiro atoms. The number of nitrogens with zero attached hydrogens (tertiary/aromatic N) is 2. The molecule has 2 saturated heterocycles. The molecule has 0 radical (unpaired) electrons. The molecule has 3 heteroatoms. The van der Waals surface area contributed by atoms with Crippen molar-refractivity contribution in [2.24, 2.45) is 11.1 Å². The topological polar surface area (TPSA) is 32.5 Å². The van der Waals surface area contributed by atoms with Crippen LogP contribution >= 0.6 is 0 Å². The van der Waals surface area contributed by atoms with Crippen molar-refractivity contribution in [3.8, 4) is 0 Å². The zero-order chi connectivity index (χ0) is 11.8. The molecule has 2 aliphatic rings. The number of piperazine rings is 1. The van der Waals surface area contributed by atoms with Gasteiger partial charge in [-0.2, -0.15) is 0 Å². The second-order valence-electron chi connectivity index (χ2n) is 6.34. The zero-order valence-corrected chi connectivity index (χ0v) is 11.1. The Hall–Kier alpha value is -0.120. The molecule has 2 N–H and O–H groups in total. The first-order valence-electron chi connectivity index (χ1n) is 6.71. The van der Waals surface area contributed by atoms with Gasteiger partial charge in [0.05, 0.1) is 0 Å². The fourth-order valence-electron chi connectivity index (χ4n) is 2.92. The van der Waals surface area contributed by atoms with Crippen LogP contribution in [0.5, 0.6) is 0 Å². The molecule has 0 saturated carbocycles. The van der Waals surface area contributed by atoms with Crippen molar-refractivity contribution in [2.45, 2.75) is 45.7 Å². The Bertz CT molecular complexity index is 237. The third-order valence-corrected chi connectivity index (χ3v) is 4.54. The fourth-order valence-corrected chi connectivity index (χ4v) is 2.92. The Morgan fingerprint density at radius 2 is 2.06 bits per heavy atom. The van der Waals surface area contributed by atoms with E-state index in [2.05, 4.69) is 30.6 Å². The molecule has 0 bridgehead atoms. The number of nitrogens with two attached hydrogens (primary N) is 1. The quantitative estimate of drug-likeness (QED) is 0.782. The lowest BCUT2D eigenvalue weighted by Crippen LogP contribution is -2.54. The molecular weight excluding hydrogens is 198 g/mol. The van der Waals surface area contributed by atoms with E-state index in [0.717, 1.165) is 12.6 Å². The molecule has 16 heavy (non-hydrogen) atoms. The van der Waals surface area contributed by atoms with Gasteiger partial charge in [-0.3, -0.25) is 9.80 Å². The van der Waals surface area contributed by atoms with E-state index in [0.29, 0.717) is 0 Å². The van der Waals surface area contributed by atoms with Crippen molar-refractivity contribution < 1.29 is 0 Å². The van der Waals surface area contributed by atoms with Gasteiger partial charge in [-0.25, -0.2) is 0 Å². The molecule has 94 valence electrons. The molecule has 0 aromatic rings. The smallest absolute Gasteiger partial charge is 0.0224 e. The standard InChI is InChI=1S/C13H27N3/c1-11(14)13(2,3)10-15-7-8-16-6-4-5-12(16)9-15/h11-12H,4-10,14H2,1-3H3. The SMILES string of the molecule is CC(N)C(C)(C)CN1CCN2CCCC2C1. The lowest BCUT2D eigenvalue weighted by atomic mass is 9.85. The third kappa shape index (κ3) is 2.58. The highest BCUT2D eigenvalue weighted by atomic mass is 15.3. The van der Waals surface area contributed by atoms with Gasteiger partial charge in [-0.05, 0) is 31.7 Å². The second-order valence-corrected chi connectivity index (χ2v) is 6.34. The molecule has 0 amide bonds. The normalized spacial score (nSPS) is 30.4. The van der Waals surface area contributed by atoms with Gasteiger partial charge in [0.15, 0.2) is 0 Å². The number of rotatable bonds is 3. The van der Waals surface area contributed by atoms with E-state index in [1.165, 1.54) is 39.0 Å². The summed E-state index contributed by atoms with van der Waals surface area (Å²) in [5.74, 6) is 0. The highest BCUT2D eigenvalue weighted by Gasteiger charge is 2.33. The number of fused-ring (bicyclic) bond motifs is 1. The summed E-state index contributed by atoms with van der Waals surface area (Å²) >= 11 is 0. The summed E-state index contributed by atoms with van der Waals surface area (Å²) in [6, 6.07) is 1.10.